The molecule has 0 bridgehead atoms. The molecule has 2 aliphatic rings. The van der Waals surface area contributed by atoms with Gasteiger partial charge in [-0.15, -0.1) is 0 Å². The Morgan fingerprint density at radius 2 is 2.06 bits per heavy atom. The molecule has 0 radical (unpaired) electrons. The fourth-order valence-corrected chi connectivity index (χ4v) is 5.54. The minimum atomic E-state index is -0.791. The van der Waals surface area contributed by atoms with Crippen molar-refractivity contribution in [1.29, 1.82) is 0 Å². The number of thiazole rings is 1. The lowest BCUT2D eigenvalue weighted by Crippen LogP contribution is -2.49. The number of ketones is 1. The standard InChI is InChI=1S/C22H23F2N7O2S/c1-30-21(31-8-6-22(15(32)10-31)5-7-26-11-22)14(9-27-30)28-19(33)17-18(25)34-20(29-17)16-12(23)3-2-4-13(16)24/h2-4,9,26H,5-8,10-11,25H2,1H3,(H,28,33). The molecule has 0 aliphatic carbocycles. The topological polar surface area (TPSA) is 118 Å². The van der Waals surface area contributed by atoms with E-state index in [1.165, 1.54) is 12.3 Å². The van der Waals surface area contributed by atoms with E-state index in [2.05, 4.69) is 20.7 Å². The summed E-state index contributed by atoms with van der Waals surface area (Å²) >= 11 is 0.827. The fraction of sp³-hybridized carbons (Fsp3) is 0.364. The Balaban J connectivity index is 1.38. The molecule has 3 aromatic rings. The molecule has 1 unspecified atom stereocenters. The van der Waals surface area contributed by atoms with Gasteiger partial charge in [0.05, 0.1) is 18.3 Å². The third-order valence-corrected chi connectivity index (χ3v) is 7.43. The van der Waals surface area contributed by atoms with E-state index in [-0.39, 0.29) is 39.0 Å². The zero-order valence-electron chi connectivity index (χ0n) is 18.4. The molecule has 4 heterocycles. The zero-order valence-corrected chi connectivity index (χ0v) is 19.2. The van der Waals surface area contributed by atoms with Gasteiger partial charge < -0.3 is 21.3 Å². The van der Waals surface area contributed by atoms with Gasteiger partial charge in [-0.3, -0.25) is 14.3 Å². The molecule has 1 aromatic carbocycles. The summed E-state index contributed by atoms with van der Waals surface area (Å²) in [5.74, 6) is -1.45. The number of nitrogens with two attached hydrogens (primary N) is 1. The quantitative estimate of drug-likeness (QED) is 0.517. The van der Waals surface area contributed by atoms with Gasteiger partial charge in [-0.1, -0.05) is 17.4 Å². The van der Waals surface area contributed by atoms with Gasteiger partial charge in [0.1, 0.15) is 27.3 Å². The Morgan fingerprint density at radius 3 is 2.74 bits per heavy atom. The summed E-state index contributed by atoms with van der Waals surface area (Å²) in [5, 5.41) is 10.3. The maximum Gasteiger partial charge on any atom is 0.277 e. The highest BCUT2D eigenvalue weighted by Gasteiger charge is 2.44. The maximum atomic E-state index is 14.2. The van der Waals surface area contributed by atoms with Gasteiger partial charge in [-0.2, -0.15) is 5.10 Å². The third-order valence-electron chi connectivity index (χ3n) is 6.53. The molecule has 1 spiro atoms. The van der Waals surface area contributed by atoms with Crippen LogP contribution in [0.15, 0.2) is 24.4 Å². The van der Waals surface area contributed by atoms with Crippen LogP contribution in [0.1, 0.15) is 23.3 Å². The smallest absolute Gasteiger partial charge is 0.277 e. The minimum absolute atomic E-state index is 0.0261. The highest BCUT2D eigenvalue weighted by molar-refractivity contribution is 7.19. The van der Waals surface area contributed by atoms with E-state index >= 15 is 0 Å². The summed E-state index contributed by atoms with van der Waals surface area (Å²) < 4.78 is 29.9. The summed E-state index contributed by atoms with van der Waals surface area (Å²) in [4.78, 5) is 31.9. The van der Waals surface area contributed by atoms with E-state index in [1.54, 1.807) is 11.7 Å². The van der Waals surface area contributed by atoms with Gasteiger partial charge in [0.25, 0.3) is 5.91 Å². The summed E-state index contributed by atoms with van der Waals surface area (Å²) in [5.41, 5.74) is 5.59. The van der Waals surface area contributed by atoms with Crippen LogP contribution in [0.2, 0.25) is 0 Å². The first-order chi connectivity index (χ1) is 16.3. The van der Waals surface area contributed by atoms with Crippen LogP contribution in [0.5, 0.6) is 0 Å². The van der Waals surface area contributed by atoms with Crippen molar-refractivity contribution < 1.29 is 18.4 Å². The molecule has 2 aliphatic heterocycles. The third kappa shape index (κ3) is 3.72. The zero-order chi connectivity index (χ0) is 24.0. The largest absolute Gasteiger partial charge is 0.389 e. The second-order valence-electron chi connectivity index (χ2n) is 8.59. The van der Waals surface area contributed by atoms with E-state index < -0.39 is 17.5 Å². The number of hydrogen-bond acceptors (Lipinski definition) is 8. The fourth-order valence-electron chi connectivity index (χ4n) is 4.66. The molecule has 1 atom stereocenters. The number of Topliss-reactive ketones (excluding diaryl/α,β-unsaturated/α-hetero) is 1. The van der Waals surface area contributed by atoms with Gasteiger partial charge in [0.15, 0.2) is 17.3 Å². The minimum Gasteiger partial charge on any atom is -0.389 e. The number of nitrogens with one attached hydrogen (secondary N) is 2. The Bertz CT molecular complexity index is 1260. The second kappa shape index (κ2) is 8.44. The average Bonchev–Trinajstić information content (AvgIpc) is 3.50. The summed E-state index contributed by atoms with van der Waals surface area (Å²) in [6, 6.07) is 3.48. The van der Waals surface area contributed by atoms with E-state index in [0.29, 0.717) is 31.0 Å². The number of nitrogen functional groups attached to an aromatic ring is 1. The number of aromatic nitrogens is 3. The van der Waals surface area contributed by atoms with Crippen LogP contribution in [-0.2, 0) is 11.8 Å². The van der Waals surface area contributed by atoms with Gasteiger partial charge >= 0.3 is 0 Å². The van der Waals surface area contributed by atoms with Crippen LogP contribution in [-0.4, -0.2) is 52.6 Å². The Labute approximate surface area is 198 Å². The van der Waals surface area contributed by atoms with E-state index in [9.17, 15) is 18.4 Å². The van der Waals surface area contributed by atoms with E-state index in [0.717, 1.165) is 36.4 Å². The normalized spacial score (nSPS) is 20.3. The number of anilines is 3. The van der Waals surface area contributed by atoms with Crippen LogP contribution in [0.4, 0.5) is 25.3 Å². The first kappa shape index (κ1) is 22.4. The van der Waals surface area contributed by atoms with E-state index in [1.807, 2.05) is 4.90 Å². The first-order valence-corrected chi connectivity index (χ1v) is 11.6. The second-order valence-corrected chi connectivity index (χ2v) is 9.62. The van der Waals surface area contributed by atoms with E-state index in [4.69, 9.17) is 5.73 Å². The number of carbonyl (C=O) groups excluding carboxylic acids is 2. The molecule has 0 saturated carbocycles. The highest BCUT2D eigenvalue weighted by Crippen LogP contribution is 2.38. The van der Waals surface area contributed by atoms with Crippen molar-refractivity contribution in [3.8, 4) is 10.6 Å². The molecular weight excluding hydrogens is 464 g/mol. The molecule has 2 fully saturated rings. The van der Waals surface area contributed by atoms with Crippen LogP contribution >= 0.6 is 11.3 Å². The first-order valence-electron chi connectivity index (χ1n) is 10.8. The maximum absolute atomic E-state index is 14.2. The van der Waals surface area contributed by atoms with Crippen LogP contribution < -0.4 is 21.3 Å². The van der Waals surface area contributed by atoms with Crippen LogP contribution in [0.25, 0.3) is 10.6 Å². The molecule has 1 amide bonds. The summed E-state index contributed by atoms with van der Waals surface area (Å²) in [7, 11) is 1.73. The van der Waals surface area contributed by atoms with Gasteiger partial charge in [0.2, 0.25) is 0 Å². The number of carbonyl (C=O) groups is 2. The summed E-state index contributed by atoms with van der Waals surface area (Å²) in [6.45, 7) is 2.40. The van der Waals surface area contributed by atoms with Gasteiger partial charge in [-0.25, -0.2) is 13.8 Å². The molecule has 4 N–H and O–H groups in total. The van der Waals surface area contributed by atoms with Crippen molar-refractivity contribution >= 4 is 39.5 Å². The highest BCUT2D eigenvalue weighted by atomic mass is 32.1. The van der Waals surface area contributed by atoms with Crippen LogP contribution in [0.3, 0.4) is 0 Å². The number of piperidine rings is 1. The molecule has 2 saturated heterocycles. The lowest BCUT2D eigenvalue weighted by molar-refractivity contribution is -0.128. The Hall–Kier alpha value is -3.38. The molecule has 2 aromatic heterocycles. The molecule has 34 heavy (non-hydrogen) atoms. The molecule has 12 heteroatoms. The van der Waals surface area contributed by atoms with Crippen molar-refractivity contribution in [2.75, 3.05) is 42.1 Å². The molecule has 9 nitrogen and oxygen atoms in total. The number of benzene rings is 1. The van der Waals surface area contributed by atoms with Gasteiger partial charge in [0, 0.05) is 25.6 Å². The van der Waals surface area contributed by atoms with Crippen molar-refractivity contribution in [3.63, 3.8) is 0 Å². The van der Waals surface area contributed by atoms with Crippen molar-refractivity contribution in [2.45, 2.75) is 12.8 Å². The monoisotopic (exact) mass is 487 g/mol. The van der Waals surface area contributed by atoms with Crippen molar-refractivity contribution in [1.82, 2.24) is 20.1 Å². The number of nitrogens with zero attached hydrogens (tertiary/aromatic N) is 4. The lowest BCUT2D eigenvalue weighted by Gasteiger charge is -2.38. The predicted molar refractivity (Wildman–Crippen MR) is 125 cm³/mol. The van der Waals surface area contributed by atoms with Gasteiger partial charge in [-0.05, 0) is 31.5 Å². The molecule has 5 rings (SSSR count). The summed E-state index contributed by atoms with van der Waals surface area (Å²) in [6.07, 6.45) is 3.04. The molecular formula is C22H23F2N7O2S. The van der Waals surface area contributed by atoms with Crippen molar-refractivity contribution in [2.24, 2.45) is 12.5 Å². The Morgan fingerprint density at radius 1 is 1.29 bits per heavy atom. The SMILES string of the molecule is Cn1ncc(NC(=O)c2nc(-c3c(F)cccc3F)sc2N)c1N1CCC2(CCNC2)C(=O)C1. The predicted octanol–water partition coefficient (Wildman–Crippen LogP) is 2.42. The number of aryl methyl sites for hydroxylation is 1. The Kier molecular flexibility index (Phi) is 5.56. The van der Waals surface area contributed by atoms with Crippen molar-refractivity contribution in [3.05, 3.63) is 41.7 Å². The number of hydrogen-bond donors (Lipinski definition) is 3. The van der Waals surface area contributed by atoms with Crippen LogP contribution in [0, 0.1) is 17.0 Å². The number of halogens is 2. The number of rotatable bonds is 4. The lowest BCUT2D eigenvalue weighted by atomic mass is 9.76. The molecule has 178 valence electrons. The number of amides is 1. The average molecular weight is 488 g/mol.